The first-order valence-electron chi connectivity index (χ1n) is 5.87. The Balaban J connectivity index is 2.41. The molecule has 0 heterocycles. The zero-order valence-electron chi connectivity index (χ0n) is 10.0. The fraction of sp³-hybridized carbons (Fsp3) is 0.500. The predicted molar refractivity (Wildman–Crippen MR) is 78.9 cm³/mol. The van der Waals surface area contributed by atoms with Crippen molar-refractivity contribution in [2.24, 2.45) is 0 Å². The van der Waals surface area contributed by atoms with E-state index >= 15 is 0 Å². The monoisotopic (exact) mass is 353 g/mol. The number of hydrogen-bond donors (Lipinski definition) is 1. The summed E-state index contributed by atoms with van der Waals surface area (Å²) in [4.78, 5) is 0.218. The average molecular weight is 355 g/mol. The maximum absolute atomic E-state index is 11.9. The smallest absolute Gasteiger partial charge is 0.211 e. The largest absolute Gasteiger partial charge is 0.240 e. The highest BCUT2D eigenvalue weighted by molar-refractivity contribution is 9.09. The van der Waals surface area contributed by atoms with Gasteiger partial charge in [-0.3, -0.25) is 0 Å². The molecule has 0 aliphatic carbocycles. The van der Waals surface area contributed by atoms with Gasteiger partial charge in [-0.05, 0) is 31.0 Å². The minimum Gasteiger partial charge on any atom is -0.211 e. The maximum Gasteiger partial charge on any atom is 0.240 e. The van der Waals surface area contributed by atoms with Gasteiger partial charge < -0.3 is 0 Å². The first-order chi connectivity index (χ1) is 8.56. The molecule has 0 fully saturated rings. The fourth-order valence-electron chi connectivity index (χ4n) is 1.50. The standard InChI is InChI=1S/C12H17BrClNO2S/c13-8-3-1-2-4-9-15-18(16,17)12-7-5-6-11(14)10-12/h5-7,10,15H,1-4,8-9H2. The van der Waals surface area contributed by atoms with Crippen molar-refractivity contribution in [3.05, 3.63) is 29.3 Å². The van der Waals surface area contributed by atoms with E-state index in [1.807, 2.05) is 0 Å². The number of alkyl halides is 1. The highest BCUT2D eigenvalue weighted by atomic mass is 79.9. The molecular weight excluding hydrogens is 338 g/mol. The van der Waals surface area contributed by atoms with Gasteiger partial charge in [0.25, 0.3) is 0 Å². The summed E-state index contributed by atoms with van der Waals surface area (Å²) < 4.78 is 26.4. The molecule has 1 aromatic carbocycles. The Kier molecular flexibility index (Phi) is 7.22. The van der Waals surface area contributed by atoms with E-state index in [0.717, 1.165) is 31.0 Å². The number of benzene rings is 1. The van der Waals surface area contributed by atoms with Crippen LogP contribution in [0.1, 0.15) is 25.7 Å². The van der Waals surface area contributed by atoms with Crippen LogP contribution in [0, 0.1) is 0 Å². The molecule has 0 aliphatic heterocycles. The number of nitrogens with one attached hydrogen (secondary N) is 1. The van der Waals surface area contributed by atoms with Gasteiger partial charge in [0, 0.05) is 16.9 Å². The fourth-order valence-corrected chi connectivity index (χ4v) is 3.27. The molecule has 1 rings (SSSR count). The van der Waals surface area contributed by atoms with Gasteiger partial charge in [0.1, 0.15) is 0 Å². The zero-order chi connectivity index (χ0) is 13.4. The van der Waals surface area contributed by atoms with Crippen LogP contribution in [0.25, 0.3) is 0 Å². The first-order valence-corrected chi connectivity index (χ1v) is 8.86. The molecule has 0 atom stereocenters. The third kappa shape index (κ3) is 5.69. The predicted octanol–water partition coefficient (Wildman–Crippen LogP) is 3.57. The highest BCUT2D eigenvalue weighted by Gasteiger charge is 2.12. The molecule has 3 nitrogen and oxygen atoms in total. The second-order valence-corrected chi connectivity index (χ2v) is 6.95. The number of hydrogen-bond acceptors (Lipinski definition) is 2. The molecule has 102 valence electrons. The molecule has 0 spiro atoms. The van der Waals surface area contributed by atoms with Crippen LogP contribution in [-0.4, -0.2) is 20.3 Å². The Morgan fingerprint density at radius 2 is 1.89 bits per heavy atom. The van der Waals surface area contributed by atoms with Crippen molar-refractivity contribution in [1.29, 1.82) is 0 Å². The third-order valence-corrected chi connectivity index (χ3v) is 4.71. The zero-order valence-corrected chi connectivity index (χ0v) is 13.2. The SMILES string of the molecule is O=S(=O)(NCCCCCCBr)c1cccc(Cl)c1. The van der Waals surface area contributed by atoms with E-state index in [2.05, 4.69) is 20.7 Å². The van der Waals surface area contributed by atoms with Crippen LogP contribution >= 0.6 is 27.5 Å². The van der Waals surface area contributed by atoms with E-state index in [4.69, 9.17) is 11.6 Å². The molecule has 18 heavy (non-hydrogen) atoms. The lowest BCUT2D eigenvalue weighted by molar-refractivity contribution is 0.574. The van der Waals surface area contributed by atoms with Crippen LogP contribution in [0.15, 0.2) is 29.2 Å². The van der Waals surface area contributed by atoms with Crippen molar-refractivity contribution < 1.29 is 8.42 Å². The second kappa shape index (κ2) is 8.15. The molecule has 0 aromatic heterocycles. The summed E-state index contributed by atoms with van der Waals surface area (Å²) in [5.74, 6) is 0. The first kappa shape index (κ1) is 16.0. The van der Waals surface area contributed by atoms with E-state index in [1.165, 1.54) is 6.07 Å². The van der Waals surface area contributed by atoms with Gasteiger partial charge in [-0.25, -0.2) is 13.1 Å². The van der Waals surface area contributed by atoms with Crippen molar-refractivity contribution in [2.75, 3.05) is 11.9 Å². The van der Waals surface area contributed by atoms with Crippen molar-refractivity contribution in [2.45, 2.75) is 30.6 Å². The van der Waals surface area contributed by atoms with Gasteiger partial charge >= 0.3 is 0 Å². The number of rotatable bonds is 8. The van der Waals surface area contributed by atoms with E-state index in [0.29, 0.717) is 11.6 Å². The summed E-state index contributed by atoms with van der Waals surface area (Å²) in [7, 11) is -3.42. The van der Waals surface area contributed by atoms with Crippen molar-refractivity contribution in [1.82, 2.24) is 4.72 Å². The quantitative estimate of drug-likeness (QED) is 0.573. The number of sulfonamides is 1. The van der Waals surface area contributed by atoms with Gasteiger partial charge in [-0.1, -0.05) is 46.4 Å². The molecule has 1 N–H and O–H groups in total. The third-order valence-electron chi connectivity index (χ3n) is 2.46. The van der Waals surface area contributed by atoms with Crippen LogP contribution in [-0.2, 0) is 10.0 Å². The van der Waals surface area contributed by atoms with Crippen LogP contribution < -0.4 is 4.72 Å². The molecule has 0 saturated heterocycles. The minimum atomic E-state index is -3.42. The summed E-state index contributed by atoms with van der Waals surface area (Å²) in [6, 6.07) is 6.28. The van der Waals surface area contributed by atoms with E-state index in [9.17, 15) is 8.42 Å². The Bertz CT molecular complexity index is 465. The topological polar surface area (TPSA) is 46.2 Å². The molecule has 0 aliphatic rings. The van der Waals surface area contributed by atoms with Crippen LogP contribution in [0.4, 0.5) is 0 Å². The average Bonchev–Trinajstić information content (AvgIpc) is 2.33. The summed E-state index contributed by atoms with van der Waals surface area (Å²) in [6.45, 7) is 0.469. The van der Waals surface area contributed by atoms with Gasteiger partial charge in [0.05, 0.1) is 4.90 Å². The Morgan fingerprint density at radius 3 is 2.56 bits per heavy atom. The van der Waals surface area contributed by atoms with Crippen LogP contribution in [0.5, 0.6) is 0 Å². The van der Waals surface area contributed by atoms with E-state index in [-0.39, 0.29) is 4.90 Å². The lowest BCUT2D eigenvalue weighted by atomic mass is 10.2. The highest BCUT2D eigenvalue weighted by Crippen LogP contribution is 2.15. The van der Waals surface area contributed by atoms with Crippen LogP contribution in [0.3, 0.4) is 0 Å². The molecule has 1 aromatic rings. The second-order valence-electron chi connectivity index (χ2n) is 3.96. The molecular formula is C12H17BrClNO2S. The molecule has 0 unspecified atom stereocenters. The number of halogens is 2. The Hall–Kier alpha value is -0.100. The van der Waals surface area contributed by atoms with Crippen molar-refractivity contribution in [3.63, 3.8) is 0 Å². The van der Waals surface area contributed by atoms with E-state index < -0.39 is 10.0 Å². The molecule has 0 saturated carbocycles. The lowest BCUT2D eigenvalue weighted by Crippen LogP contribution is -2.24. The molecule has 0 amide bonds. The minimum absolute atomic E-state index is 0.218. The number of unbranched alkanes of at least 4 members (excludes halogenated alkanes) is 3. The van der Waals surface area contributed by atoms with Crippen molar-refractivity contribution in [3.8, 4) is 0 Å². The summed E-state index contributed by atoms with van der Waals surface area (Å²) in [5, 5.41) is 1.43. The van der Waals surface area contributed by atoms with E-state index in [1.54, 1.807) is 18.2 Å². The maximum atomic E-state index is 11.9. The van der Waals surface area contributed by atoms with Gasteiger partial charge in [0.15, 0.2) is 0 Å². The summed E-state index contributed by atoms with van der Waals surface area (Å²) >= 11 is 9.14. The lowest BCUT2D eigenvalue weighted by Gasteiger charge is -2.06. The molecule has 0 radical (unpaired) electrons. The van der Waals surface area contributed by atoms with Crippen LogP contribution in [0.2, 0.25) is 5.02 Å². The Morgan fingerprint density at radius 1 is 1.17 bits per heavy atom. The summed E-state index contributed by atoms with van der Waals surface area (Å²) in [5.41, 5.74) is 0. The Labute approximate surface area is 122 Å². The van der Waals surface area contributed by atoms with Gasteiger partial charge in [-0.15, -0.1) is 0 Å². The molecule has 6 heteroatoms. The van der Waals surface area contributed by atoms with Crippen molar-refractivity contribution >= 4 is 37.6 Å². The summed E-state index contributed by atoms with van der Waals surface area (Å²) in [6.07, 6.45) is 4.13. The van der Waals surface area contributed by atoms with Gasteiger partial charge in [0.2, 0.25) is 10.0 Å². The van der Waals surface area contributed by atoms with Gasteiger partial charge in [-0.2, -0.15) is 0 Å². The normalized spacial score (nSPS) is 11.7. The molecule has 0 bridgehead atoms.